The van der Waals surface area contributed by atoms with Crippen LogP contribution in [-0.4, -0.2) is 45.5 Å². The molecule has 146 valence electrons. The van der Waals surface area contributed by atoms with Crippen molar-refractivity contribution >= 4 is 18.4 Å². The van der Waals surface area contributed by atoms with E-state index in [0.29, 0.717) is 27.8 Å². The third-order valence-electron chi connectivity index (χ3n) is 4.29. The molecule has 29 heavy (non-hydrogen) atoms. The normalized spacial score (nSPS) is 11.1. The number of hydrogen-bond donors (Lipinski definition) is 2. The molecule has 0 aliphatic rings. The van der Waals surface area contributed by atoms with Gasteiger partial charge in [-0.1, -0.05) is 30.3 Å². The van der Waals surface area contributed by atoms with Gasteiger partial charge < -0.3 is 9.47 Å². The molecule has 8 nitrogen and oxygen atoms in total. The number of benzene rings is 2. The summed E-state index contributed by atoms with van der Waals surface area (Å²) >= 11 is 5.33. The van der Waals surface area contributed by atoms with Crippen LogP contribution >= 0.6 is 12.2 Å². The van der Waals surface area contributed by atoms with Gasteiger partial charge in [-0.25, -0.2) is 5.10 Å². The summed E-state index contributed by atoms with van der Waals surface area (Å²) in [6.07, 6.45) is 1.65. The molecule has 0 aliphatic carbocycles. The minimum absolute atomic E-state index is 0.361. The van der Waals surface area contributed by atoms with Crippen LogP contribution in [-0.2, 0) is 0 Å². The molecule has 2 aromatic carbocycles. The van der Waals surface area contributed by atoms with E-state index in [2.05, 4.69) is 25.5 Å². The van der Waals surface area contributed by atoms with E-state index in [-0.39, 0.29) is 0 Å². The number of ether oxygens (including phenoxy) is 2. The summed E-state index contributed by atoms with van der Waals surface area (Å²) in [5.41, 5.74) is 3.27. The molecule has 0 radical (unpaired) electrons. The van der Waals surface area contributed by atoms with Crippen LogP contribution < -0.4 is 9.47 Å². The Bertz CT molecular complexity index is 1210. The first-order chi connectivity index (χ1) is 14.2. The number of nitrogens with zero attached hydrogens (tertiary/aromatic N) is 4. The Morgan fingerprint density at radius 3 is 2.59 bits per heavy atom. The molecule has 4 rings (SSSR count). The van der Waals surface area contributed by atoms with Gasteiger partial charge in [0.2, 0.25) is 10.6 Å². The van der Waals surface area contributed by atoms with E-state index >= 15 is 0 Å². The van der Waals surface area contributed by atoms with Gasteiger partial charge in [-0.3, -0.25) is 5.10 Å². The summed E-state index contributed by atoms with van der Waals surface area (Å²) in [5.74, 6) is 1.86. The summed E-state index contributed by atoms with van der Waals surface area (Å²) in [6, 6.07) is 17.3. The van der Waals surface area contributed by atoms with Crippen LogP contribution in [0.2, 0.25) is 0 Å². The summed E-state index contributed by atoms with van der Waals surface area (Å²) in [7, 11) is 3.20. The Kier molecular flexibility index (Phi) is 5.21. The summed E-state index contributed by atoms with van der Waals surface area (Å²) < 4.78 is 12.5. The summed E-state index contributed by atoms with van der Waals surface area (Å²) in [6.45, 7) is 0. The minimum Gasteiger partial charge on any atom is -0.497 e. The Hall–Kier alpha value is -3.72. The average Bonchev–Trinajstić information content (AvgIpc) is 3.39. The van der Waals surface area contributed by atoms with Crippen LogP contribution in [0.3, 0.4) is 0 Å². The molecule has 0 saturated carbocycles. The molecule has 2 aromatic heterocycles. The van der Waals surface area contributed by atoms with Crippen molar-refractivity contribution in [1.29, 1.82) is 0 Å². The van der Waals surface area contributed by atoms with E-state index in [9.17, 15) is 0 Å². The molecule has 0 fully saturated rings. The lowest BCUT2D eigenvalue weighted by Gasteiger charge is -2.07. The van der Waals surface area contributed by atoms with Gasteiger partial charge in [-0.05, 0) is 30.4 Å². The number of H-pyrrole nitrogens is 2. The second kappa shape index (κ2) is 8.11. The zero-order valence-corrected chi connectivity index (χ0v) is 16.6. The maximum Gasteiger partial charge on any atom is 0.216 e. The van der Waals surface area contributed by atoms with Crippen LogP contribution in [0.15, 0.2) is 59.7 Å². The van der Waals surface area contributed by atoms with E-state index < -0.39 is 0 Å². The zero-order chi connectivity index (χ0) is 20.2. The monoisotopic (exact) mass is 406 g/mol. The fourth-order valence-corrected chi connectivity index (χ4v) is 2.99. The molecule has 4 aromatic rings. The lowest BCUT2D eigenvalue weighted by molar-refractivity contribution is 0.394. The first-order valence-electron chi connectivity index (χ1n) is 8.74. The van der Waals surface area contributed by atoms with Gasteiger partial charge >= 0.3 is 0 Å². The fraction of sp³-hybridized carbons (Fsp3) is 0.100. The second-order valence-corrected chi connectivity index (χ2v) is 6.44. The third-order valence-corrected chi connectivity index (χ3v) is 4.56. The van der Waals surface area contributed by atoms with Crippen molar-refractivity contribution in [2.24, 2.45) is 5.10 Å². The van der Waals surface area contributed by atoms with Crippen LogP contribution in [0.4, 0.5) is 0 Å². The maximum absolute atomic E-state index is 5.41. The molecule has 2 N–H and O–H groups in total. The highest BCUT2D eigenvalue weighted by Crippen LogP contribution is 2.24. The van der Waals surface area contributed by atoms with Crippen LogP contribution in [0, 0.1) is 4.77 Å². The topological polar surface area (TPSA) is 93.1 Å². The van der Waals surface area contributed by atoms with Crippen molar-refractivity contribution in [2.45, 2.75) is 0 Å². The molecular weight excluding hydrogens is 388 g/mol. The van der Waals surface area contributed by atoms with Crippen molar-refractivity contribution < 1.29 is 9.47 Å². The van der Waals surface area contributed by atoms with Crippen LogP contribution in [0.25, 0.3) is 22.8 Å². The van der Waals surface area contributed by atoms with E-state index in [1.165, 1.54) is 4.68 Å². The predicted molar refractivity (Wildman–Crippen MR) is 113 cm³/mol. The zero-order valence-electron chi connectivity index (χ0n) is 15.8. The number of rotatable bonds is 6. The molecule has 0 aliphatic heterocycles. The Morgan fingerprint density at radius 1 is 1.00 bits per heavy atom. The number of aromatic amines is 2. The number of hydrogen-bond acceptors (Lipinski definition) is 6. The molecule has 9 heteroatoms. The molecule has 0 atom stereocenters. The molecule has 2 heterocycles. The number of methoxy groups -OCH3 is 2. The average molecular weight is 406 g/mol. The van der Waals surface area contributed by atoms with E-state index in [4.69, 9.17) is 21.7 Å². The Labute approximate surface area is 171 Å². The molecule has 0 amide bonds. The molecule has 0 bridgehead atoms. The second-order valence-electron chi connectivity index (χ2n) is 6.05. The van der Waals surface area contributed by atoms with Crippen molar-refractivity contribution in [2.75, 3.05) is 14.2 Å². The predicted octanol–water partition coefficient (Wildman–Crippen LogP) is 3.90. The van der Waals surface area contributed by atoms with E-state index in [0.717, 1.165) is 16.8 Å². The highest BCUT2D eigenvalue weighted by atomic mass is 32.1. The van der Waals surface area contributed by atoms with E-state index in [1.54, 1.807) is 26.5 Å². The first-order valence-corrected chi connectivity index (χ1v) is 9.15. The van der Waals surface area contributed by atoms with Gasteiger partial charge in [0.1, 0.15) is 17.2 Å². The van der Waals surface area contributed by atoms with E-state index in [1.807, 2.05) is 48.5 Å². The standard InChI is InChI=1S/C20H18N6O2S/c1-27-15-9-8-14(18(10-15)28-2)12-21-26-19(24-25-20(26)29)17-11-16(22-23-17)13-6-4-3-5-7-13/h3-12H,1-2H3,(H,22,23)(H,25,29)/b21-12+. The molecule has 0 saturated heterocycles. The summed E-state index contributed by atoms with van der Waals surface area (Å²) in [4.78, 5) is 0. The van der Waals surface area contributed by atoms with Gasteiger partial charge in [0, 0.05) is 17.2 Å². The van der Waals surface area contributed by atoms with Gasteiger partial charge in [-0.15, -0.1) is 0 Å². The van der Waals surface area contributed by atoms with Crippen molar-refractivity contribution in [1.82, 2.24) is 25.1 Å². The van der Waals surface area contributed by atoms with Crippen molar-refractivity contribution in [3.05, 3.63) is 64.9 Å². The quantitative estimate of drug-likeness (QED) is 0.374. The highest BCUT2D eigenvalue weighted by molar-refractivity contribution is 7.71. The largest absolute Gasteiger partial charge is 0.497 e. The lowest BCUT2D eigenvalue weighted by atomic mass is 10.1. The third kappa shape index (κ3) is 3.81. The molecule has 0 unspecified atom stereocenters. The minimum atomic E-state index is 0.361. The number of nitrogens with one attached hydrogen (secondary N) is 2. The SMILES string of the molecule is COc1ccc(/C=N/n2c(-c3cc(-c4ccccc4)n[nH]3)n[nH]c2=S)c(OC)c1. The fourth-order valence-electron chi connectivity index (χ4n) is 2.81. The summed E-state index contributed by atoms with van der Waals surface area (Å²) in [5, 5.41) is 18.9. The number of aromatic nitrogens is 5. The highest BCUT2D eigenvalue weighted by Gasteiger charge is 2.13. The molecule has 0 spiro atoms. The first kappa shape index (κ1) is 18.6. The van der Waals surface area contributed by atoms with Gasteiger partial charge in [-0.2, -0.15) is 20.0 Å². The van der Waals surface area contributed by atoms with Crippen LogP contribution in [0.5, 0.6) is 11.5 Å². The smallest absolute Gasteiger partial charge is 0.216 e. The van der Waals surface area contributed by atoms with Crippen LogP contribution in [0.1, 0.15) is 5.56 Å². The Morgan fingerprint density at radius 2 is 1.83 bits per heavy atom. The maximum atomic E-state index is 5.41. The van der Waals surface area contributed by atoms with Crippen molar-refractivity contribution in [3.63, 3.8) is 0 Å². The Balaban J connectivity index is 1.68. The van der Waals surface area contributed by atoms with Crippen molar-refractivity contribution in [3.8, 4) is 34.3 Å². The van der Waals surface area contributed by atoms with Gasteiger partial charge in [0.25, 0.3) is 0 Å². The molecular formula is C20H18N6O2S. The van der Waals surface area contributed by atoms with Gasteiger partial charge in [0.05, 0.1) is 26.1 Å². The van der Waals surface area contributed by atoms with Gasteiger partial charge in [0.15, 0.2) is 0 Å². The lowest BCUT2D eigenvalue weighted by Crippen LogP contribution is -1.97.